The first-order valence-corrected chi connectivity index (χ1v) is 10.9. The van der Waals surface area contributed by atoms with Crippen molar-refractivity contribution in [2.24, 2.45) is 0 Å². The lowest BCUT2D eigenvalue weighted by atomic mass is 10.1. The molecule has 0 saturated carbocycles. The van der Waals surface area contributed by atoms with Gasteiger partial charge in [0.05, 0.1) is 12.3 Å². The number of hydrogen-bond donors (Lipinski definition) is 4. The van der Waals surface area contributed by atoms with Gasteiger partial charge in [-0.2, -0.15) is 0 Å². The Hall–Kier alpha value is -3.07. The maximum Gasteiger partial charge on any atom is 0.269 e. The van der Waals surface area contributed by atoms with Crippen LogP contribution >= 0.6 is 0 Å². The van der Waals surface area contributed by atoms with E-state index >= 15 is 0 Å². The summed E-state index contributed by atoms with van der Waals surface area (Å²) in [7, 11) is -3.45. The molecule has 9 heteroatoms. The van der Waals surface area contributed by atoms with E-state index in [1.807, 2.05) is 32.0 Å². The first-order chi connectivity index (χ1) is 13.7. The summed E-state index contributed by atoms with van der Waals surface area (Å²) in [6.45, 7) is 5.68. The van der Waals surface area contributed by atoms with E-state index in [1.165, 1.54) is 12.1 Å². The first kappa shape index (κ1) is 22.2. The monoisotopic (exact) mass is 418 g/mol. The Morgan fingerprint density at radius 1 is 1.00 bits per heavy atom. The summed E-state index contributed by atoms with van der Waals surface area (Å²) in [6, 6.07) is 11.9. The van der Waals surface area contributed by atoms with E-state index in [9.17, 15) is 18.0 Å². The van der Waals surface area contributed by atoms with E-state index in [0.29, 0.717) is 6.42 Å². The highest BCUT2D eigenvalue weighted by atomic mass is 32.2. The fraction of sp³-hybridized carbons (Fsp3) is 0.300. The second kappa shape index (κ2) is 9.92. The Morgan fingerprint density at radius 2 is 1.76 bits per heavy atom. The van der Waals surface area contributed by atoms with Crippen molar-refractivity contribution in [3.05, 3.63) is 59.2 Å². The lowest BCUT2D eigenvalue weighted by molar-refractivity contribution is -0.120. The van der Waals surface area contributed by atoms with Crippen molar-refractivity contribution < 1.29 is 18.0 Å². The average molecular weight is 419 g/mol. The zero-order valence-electron chi connectivity index (χ0n) is 16.7. The summed E-state index contributed by atoms with van der Waals surface area (Å²) >= 11 is 0. The van der Waals surface area contributed by atoms with Crippen molar-refractivity contribution in [1.82, 2.24) is 10.9 Å². The molecule has 0 aromatic heterocycles. The van der Waals surface area contributed by atoms with Gasteiger partial charge in [-0.25, -0.2) is 8.42 Å². The number of nitrogens with one attached hydrogen (secondary N) is 4. The third kappa shape index (κ3) is 7.11. The summed E-state index contributed by atoms with van der Waals surface area (Å²) in [5, 5.41) is 3.01. The molecular formula is C20H26N4O4S. The van der Waals surface area contributed by atoms with E-state index in [1.54, 1.807) is 19.1 Å². The molecule has 156 valence electrons. The summed E-state index contributed by atoms with van der Waals surface area (Å²) < 4.78 is 26.1. The van der Waals surface area contributed by atoms with Crippen LogP contribution in [0.15, 0.2) is 42.5 Å². The molecule has 2 aromatic carbocycles. The highest BCUT2D eigenvalue weighted by Gasteiger charge is 2.12. The molecule has 2 aromatic rings. The van der Waals surface area contributed by atoms with Crippen LogP contribution in [0.4, 0.5) is 11.4 Å². The number of sulfonamides is 1. The van der Waals surface area contributed by atoms with Crippen molar-refractivity contribution >= 4 is 33.2 Å². The fourth-order valence-corrected chi connectivity index (χ4v) is 3.78. The van der Waals surface area contributed by atoms with Crippen molar-refractivity contribution in [1.29, 1.82) is 0 Å². The zero-order valence-corrected chi connectivity index (χ0v) is 17.5. The predicted octanol–water partition coefficient (Wildman–Crippen LogP) is 2.33. The molecule has 29 heavy (non-hydrogen) atoms. The molecule has 0 bridgehead atoms. The van der Waals surface area contributed by atoms with Gasteiger partial charge in [0.2, 0.25) is 10.0 Å². The van der Waals surface area contributed by atoms with E-state index in [4.69, 9.17) is 0 Å². The molecule has 0 heterocycles. The Morgan fingerprint density at radius 3 is 2.45 bits per heavy atom. The quantitative estimate of drug-likeness (QED) is 0.491. The van der Waals surface area contributed by atoms with Gasteiger partial charge in [-0.3, -0.25) is 25.2 Å². The summed E-state index contributed by atoms with van der Waals surface area (Å²) in [5.74, 6) is -0.980. The molecule has 0 fully saturated rings. The fourth-order valence-electron chi connectivity index (χ4n) is 2.65. The number of carbonyl (C=O) groups excluding carboxylic acids is 2. The minimum absolute atomic E-state index is 0.00701. The summed E-state index contributed by atoms with van der Waals surface area (Å²) in [4.78, 5) is 24.2. The predicted molar refractivity (Wildman–Crippen MR) is 114 cm³/mol. The molecule has 0 radical (unpaired) electrons. The van der Waals surface area contributed by atoms with Crippen LogP contribution in [0.3, 0.4) is 0 Å². The van der Waals surface area contributed by atoms with E-state index in [0.717, 1.165) is 16.8 Å². The van der Waals surface area contributed by atoms with Crippen LogP contribution < -0.4 is 20.9 Å². The number of hydrogen-bond acceptors (Lipinski definition) is 5. The normalized spacial score (nSPS) is 10.9. The van der Waals surface area contributed by atoms with Crippen LogP contribution in [0, 0.1) is 13.8 Å². The number of aryl methyl sites for hydroxylation is 2. The van der Waals surface area contributed by atoms with Crippen molar-refractivity contribution in [2.75, 3.05) is 22.3 Å². The van der Waals surface area contributed by atoms with Gasteiger partial charge in [-0.15, -0.1) is 0 Å². The SMILES string of the molecule is CCCS(=O)(=O)Nc1cccc(C(=O)NNC(=O)CNc2ccc(C)cc2C)c1. The molecule has 4 N–H and O–H groups in total. The molecule has 0 atom stereocenters. The second-order valence-corrected chi connectivity index (χ2v) is 8.52. The highest BCUT2D eigenvalue weighted by Crippen LogP contribution is 2.15. The maximum absolute atomic E-state index is 12.2. The molecule has 0 saturated heterocycles. The van der Waals surface area contributed by atoms with E-state index < -0.39 is 21.8 Å². The number of carbonyl (C=O) groups is 2. The number of hydrazine groups is 1. The second-order valence-electron chi connectivity index (χ2n) is 6.68. The van der Waals surface area contributed by atoms with Crippen molar-refractivity contribution in [3.8, 4) is 0 Å². The Bertz CT molecular complexity index is 990. The zero-order chi connectivity index (χ0) is 21.4. The van der Waals surface area contributed by atoms with Gasteiger partial charge >= 0.3 is 0 Å². The molecule has 2 amide bonds. The topological polar surface area (TPSA) is 116 Å². The maximum atomic E-state index is 12.2. The molecule has 8 nitrogen and oxygen atoms in total. The smallest absolute Gasteiger partial charge is 0.269 e. The van der Waals surface area contributed by atoms with Crippen LogP contribution in [-0.4, -0.2) is 32.5 Å². The molecule has 0 aliphatic rings. The van der Waals surface area contributed by atoms with Crippen LogP contribution in [-0.2, 0) is 14.8 Å². The van der Waals surface area contributed by atoms with Gasteiger partial charge in [0.1, 0.15) is 0 Å². The minimum Gasteiger partial charge on any atom is -0.376 e. The highest BCUT2D eigenvalue weighted by molar-refractivity contribution is 7.92. The van der Waals surface area contributed by atoms with Crippen LogP contribution in [0.1, 0.15) is 34.8 Å². The third-order valence-electron chi connectivity index (χ3n) is 4.01. The van der Waals surface area contributed by atoms with Gasteiger partial charge in [0, 0.05) is 16.9 Å². The number of amides is 2. The van der Waals surface area contributed by atoms with Crippen LogP contribution in [0.5, 0.6) is 0 Å². The Labute approximate surface area is 171 Å². The van der Waals surface area contributed by atoms with Crippen LogP contribution in [0.25, 0.3) is 0 Å². The molecule has 2 rings (SSSR count). The van der Waals surface area contributed by atoms with Crippen molar-refractivity contribution in [2.45, 2.75) is 27.2 Å². The van der Waals surface area contributed by atoms with Crippen molar-refractivity contribution in [3.63, 3.8) is 0 Å². The summed E-state index contributed by atoms with van der Waals surface area (Å²) in [6.07, 6.45) is 0.484. The Balaban J connectivity index is 1.88. The molecule has 0 aliphatic carbocycles. The standard InChI is InChI=1S/C20H26N4O4S/c1-4-10-29(27,28)24-17-7-5-6-16(12-17)20(26)23-22-19(25)13-21-18-9-8-14(2)11-15(18)3/h5-9,11-12,21,24H,4,10,13H2,1-3H3,(H,22,25)(H,23,26). The van der Waals surface area contributed by atoms with Gasteiger partial charge in [0.25, 0.3) is 11.8 Å². The molecule has 0 spiro atoms. The molecule has 0 aliphatic heterocycles. The molecular weight excluding hydrogens is 392 g/mol. The average Bonchev–Trinajstić information content (AvgIpc) is 2.65. The molecule has 0 unspecified atom stereocenters. The Kier molecular flexibility index (Phi) is 7.60. The summed E-state index contributed by atoms with van der Waals surface area (Å²) in [5.41, 5.74) is 8.13. The number of anilines is 2. The lowest BCUT2D eigenvalue weighted by Crippen LogP contribution is -2.44. The first-order valence-electron chi connectivity index (χ1n) is 9.21. The number of benzene rings is 2. The van der Waals surface area contributed by atoms with Gasteiger partial charge in [-0.1, -0.05) is 30.7 Å². The van der Waals surface area contributed by atoms with E-state index in [-0.39, 0.29) is 23.5 Å². The number of rotatable bonds is 8. The van der Waals surface area contributed by atoms with Gasteiger partial charge in [-0.05, 0) is 50.1 Å². The third-order valence-corrected chi connectivity index (χ3v) is 5.50. The van der Waals surface area contributed by atoms with E-state index in [2.05, 4.69) is 20.9 Å². The lowest BCUT2D eigenvalue weighted by Gasteiger charge is -2.12. The largest absolute Gasteiger partial charge is 0.376 e. The van der Waals surface area contributed by atoms with Crippen LogP contribution in [0.2, 0.25) is 0 Å². The minimum atomic E-state index is -3.45. The van der Waals surface area contributed by atoms with Gasteiger partial charge < -0.3 is 5.32 Å². The van der Waals surface area contributed by atoms with Gasteiger partial charge in [0.15, 0.2) is 0 Å².